The maximum Gasteiger partial charge on any atom is 0.207 e. The van der Waals surface area contributed by atoms with Crippen LogP contribution in [0, 0.1) is 5.41 Å². The molecule has 0 spiro atoms. The molecule has 1 atom stereocenters. The molecule has 1 amide bonds. The third-order valence-corrected chi connectivity index (χ3v) is 4.02. The summed E-state index contributed by atoms with van der Waals surface area (Å²) in [7, 11) is 0. The lowest BCUT2D eigenvalue weighted by Gasteiger charge is -2.27. The van der Waals surface area contributed by atoms with Gasteiger partial charge in [0.2, 0.25) is 6.41 Å². The van der Waals surface area contributed by atoms with Crippen molar-refractivity contribution < 1.29 is 4.79 Å². The lowest BCUT2D eigenvalue weighted by molar-refractivity contribution is -0.110. The van der Waals surface area contributed by atoms with Gasteiger partial charge in [0.05, 0.1) is 21.1 Å². The van der Waals surface area contributed by atoms with Crippen molar-refractivity contribution in [1.29, 1.82) is 0 Å². The van der Waals surface area contributed by atoms with Gasteiger partial charge in [-0.25, -0.2) is 0 Å². The standard InChI is InChI=1S/C14H16Cl3NO/c1-14(2,3)11(18-8-19)7-5-9-4-6-10(15)13(17)12(9)16/h4-8,11H,1-3H3,(H,18,19). The van der Waals surface area contributed by atoms with Crippen LogP contribution in [-0.2, 0) is 4.79 Å². The van der Waals surface area contributed by atoms with E-state index >= 15 is 0 Å². The van der Waals surface area contributed by atoms with Gasteiger partial charge in [-0.15, -0.1) is 0 Å². The van der Waals surface area contributed by atoms with Crippen LogP contribution in [0.15, 0.2) is 18.2 Å². The van der Waals surface area contributed by atoms with E-state index in [1.54, 1.807) is 12.1 Å². The van der Waals surface area contributed by atoms with Crippen LogP contribution in [0.2, 0.25) is 15.1 Å². The van der Waals surface area contributed by atoms with Gasteiger partial charge in [-0.2, -0.15) is 0 Å². The van der Waals surface area contributed by atoms with Crippen molar-refractivity contribution in [1.82, 2.24) is 5.32 Å². The van der Waals surface area contributed by atoms with Gasteiger partial charge in [-0.3, -0.25) is 4.79 Å². The minimum Gasteiger partial charge on any atom is -0.352 e. The van der Waals surface area contributed by atoms with E-state index in [4.69, 9.17) is 34.8 Å². The first-order valence-electron chi connectivity index (χ1n) is 5.78. The number of rotatable bonds is 4. The van der Waals surface area contributed by atoms with Crippen LogP contribution < -0.4 is 5.32 Å². The van der Waals surface area contributed by atoms with Crippen molar-refractivity contribution in [2.24, 2.45) is 5.41 Å². The van der Waals surface area contributed by atoms with Gasteiger partial charge < -0.3 is 5.32 Å². The number of carbonyl (C=O) groups excluding carboxylic acids is 1. The first-order chi connectivity index (χ1) is 8.77. The molecule has 1 rings (SSSR count). The van der Waals surface area contributed by atoms with Crippen LogP contribution >= 0.6 is 34.8 Å². The van der Waals surface area contributed by atoms with Crippen LogP contribution in [0.5, 0.6) is 0 Å². The molecule has 0 aliphatic carbocycles. The maximum atomic E-state index is 10.6. The van der Waals surface area contributed by atoms with Crippen molar-refractivity contribution in [3.8, 4) is 0 Å². The zero-order valence-electron chi connectivity index (χ0n) is 11.0. The van der Waals surface area contributed by atoms with Crippen LogP contribution in [0.25, 0.3) is 6.08 Å². The van der Waals surface area contributed by atoms with E-state index in [1.807, 2.05) is 32.9 Å². The quantitative estimate of drug-likeness (QED) is 0.625. The number of amides is 1. The average Bonchev–Trinajstić information content (AvgIpc) is 2.32. The molecule has 104 valence electrons. The highest BCUT2D eigenvalue weighted by Gasteiger charge is 2.21. The fourth-order valence-electron chi connectivity index (χ4n) is 1.54. The highest BCUT2D eigenvalue weighted by Crippen LogP contribution is 2.33. The summed E-state index contributed by atoms with van der Waals surface area (Å²) in [5.74, 6) is 0. The number of carbonyl (C=O) groups is 1. The van der Waals surface area contributed by atoms with Crippen molar-refractivity contribution in [3.63, 3.8) is 0 Å². The van der Waals surface area contributed by atoms with Crippen LogP contribution in [0.3, 0.4) is 0 Å². The highest BCUT2D eigenvalue weighted by molar-refractivity contribution is 6.48. The minimum atomic E-state index is -0.101. The third-order valence-electron chi connectivity index (χ3n) is 2.71. The molecule has 1 aromatic rings. The molecule has 0 aliphatic rings. The Labute approximate surface area is 128 Å². The summed E-state index contributed by atoms with van der Waals surface area (Å²) in [5, 5.41) is 3.93. The van der Waals surface area contributed by atoms with E-state index in [1.165, 1.54) is 0 Å². The zero-order valence-corrected chi connectivity index (χ0v) is 13.3. The van der Waals surface area contributed by atoms with Crippen LogP contribution in [-0.4, -0.2) is 12.5 Å². The number of hydrogen-bond acceptors (Lipinski definition) is 1. The number of hydrogen-bond donors (Lipinski definition) is 1. The second-order valence-electron chi connectivity index (χ2n) is 5.25. The van der Waals surface area contributed by atoms with Gasteiger partial charge in [-0.1, -0.05) is 73.8 Å². The SMILES string of the molecule is CC(C)(C)C(C=Cc1ccc(Cl)c(Cl)c1Cl)NC=O. The summed E-state index contributed by atoms with van der Waals surface area (Å²) in [6.07, 6.45) is 4.41. The summed E-state index contributed by atoms with van der Waals surface area (Å²) in [5.41, 5.74) is 0.665. The summed E-state index contributed by atoms with van der Waals surface area (Å²) in [6, 6.07) is 3.37. The average molecular weight is 321 g/mol. The molecule has 0 saturated carbocycles. The smallest absolute Gasteiger partial charge is 0.207 e. The Morgan fingerprint density at radius 3 is 2.32 bits per heavy atom. The van der Waals surface area contributed by atoms with E-state index in [9.17, 15) is 4.79 Å². The Hall–Kier alpha value is -0.700. The van der Waals surface area contributed by atoms with Gasteiger partial charge >= 0.3 is 0 Å². The van der Waals surface area contributed by atoms with Crippen molar-refractivity contribution in [2.45, 2.75) is 26.8 Å². The minimum absolute atomic E-state index is 0.0971. The molecular formula is C14H16Cl3NO. The third kappa shape index (κ3) is 4.41. The molecule has 0 aromatic heterocycles. The zero-order chi connectivity index (χ0) is 14.6. The lowest BCUT2D eigenvalue weighted by Crippen LogP contribution is -2.37. The molecule has 1 unspecified atom stereocenters. The van der Waals surface area contributed by atoms with E-state index in [0.29, 0.717) is 21.5 Å². The molecule has 0 aliphatic heterocycles. The Balaban J connectivity index is 3.03. The summed E-state index contributed by atoms with van der Waals surface area (Å²) < 4.78 is 0. The molecule has 5 heteroatoms. The molecular weight excluding hydrogens is 305 g/mol. The fraction of sp³-hybridized carbons (Fsp3) is 0.357. The van der Waals surface area contributed by atoms with Crippen molar-refractivity contribution in [2.75, 3.05) is 0 Å². The summed E-state index contributed by atoms with van der Waals surface area (Å²) in [4.78, 5) is 10.6. The second kappa shape index (κ2) is 6.65. The van der Waals surface area contributed by atoms with Crippen LogP contribution in [0.4, 0.5) is 0 Å². The lowest BCUT2D eigenvalue weighted by atomic mass is 9.86. The molecule has 0 fully saturated rings. The molecule has 0 radical (unpaired) electrons. The van der Waals surface area contributed by atoms with Gasteiger partial charge in [0.1, 0.15) is 0 Å². The van der Waals surface area contributed by atoms with Gasteiger partial charge in [0.25, 0.3) is 0 Å². The molecule has 1 aromatic carbocycles. The molecule has 1 N–H and O–H groups in total. The number of halogens is 3. The Morgan fingerprint density at radius 2 is 1.79 bits per heavy atom. The molecule has 19 heavy (non-hydrogen) atoms. The molecule has 0 bridgehead atoms. The molecule has 0 heterocycles. The normalized spacial score (nSPS) is 13.6. The second-order valence-corrected chi connectivity index (χ2v) is 6.42. The number of benzene rings is 1. The van der Waals surface area contributed by atoms with E-state index in [2.05, 4.69) is 5.32 Å². The predicted molar refractivity (Wildman–Crippen MR) is 82.9 cm³/mol. The first kappa shape index (κ1) is 16.4. The first-order valence-corrected chi connectivity index (χ1v) is 6.92. The molecule has 2 nitrogen and oxygen atoms in total. The predicted octanol–water partition coefficient (Wildman–Crippen LogP) is 4.82. The topological polar surface area (TPSA) is 29.1 Å². The van der Waals surface area contributed by atoms with Crippen molar-refractivity contribution >= 4 is 47.3 Å². The van der Waals surface area contributed by atoms with Crippen molar-refractivity contribution in [3.05, 3.63) is 38.8 Å². The largest absolute Gasteiger partial charge is 0.352 e. The van der Waals surface area contributed by atoms with E-state index < -0.39 is 0 Å². The molecule has 0 saturated heterocycles. The monoisotopic (exact) mass is 319 g/mol. The Kier molecular flexibility index (Phi) is 5.72. The number of nitrogens with one attached hydrogen (secondary N) is 1. The maximum absolute atomic E-state index is 10.6. The fourth-order valence-corrected chi connectivity index (χ4v) is 2.14. The summed E-state index contributed by atoms with van der Waals surface area (Å²) in [6.45, 7) is 6.11. The highest BCUT2D eigenvalue weighted by atomic mass is 35.5. The van der Waals surface area contributed by atoms with E-state index in [0.717, 1.165) is 5.56 Å². The Morgan fingerprint density at radius 1 is 1.16 bits per heavy atom. The van der Waals surface area contributed by atoms with E-state index in [-0.39, 0.29) is 11.5 Å². The Bertz CT molecular complexity index is 492. The van der Waals surface area contributed by atoms with Gasteiger partial charge in [0.15, 0.2) is 0 Å². The van der Waals surface area contributed by atoms with Gasteiger partial charge in [0, 0.05) is 0 Å². The van der Waals surface area contributed by atoms with Crippen LogP contribution in [0.1, 0.15) is 26.3 Å². The summed E-state index contributed by atoms with van der Waals surface area (Å²) >= 11 is 18.0. The van der Waals surface area contributed by atoms with Gasteiger partial charge in [-0.05, 0) is 17.0 Å².